The van der Waals surface area contributed by atoms with Gasteiger partial charge in [0, 0.05) is 12.6 Å². The number of halogens is 3. The third-order valence-electron chi connectivity index (χ3n) is 3.55. The lowest BCUT2D eigenvalue weighted by molar-refractivity contribution is -0.141. The fraction of sp³-hybridized carbons (Fsp3) is 0.176. The van der Waals surface area contributed by atoms with Gasteiger partial charge >= 0.3 is 6.18 Å². The molecule has 0 unspecified atom stereocenters. The van der Waals surface area contributed by atoms with Gasteiger partial charge < -0.3 is 15.7 Å². The van der Waals surface area contributed by atoms with E-state index in [0.29, 0.717) is 22.3 Å². The number of pyridine rings is 1. The summed E-state index contributed by atoms with van der Waals surface area (Å²) in [7, 11) is 0. The number of amides is 2. The van der Waals surface area contributed by atoms with E-state index < -0.39 is 29.5 Å². The number of aliphatic hydroxyl groups excluding tert-OH is 1. The Hall–Kier alpha value is -3.05. The highest BCUT2D eigenvalue weighted by molar-refractivity contribution is 7.18. The molecule has 0 aliphatic carbocycles. The molecule has 0 bridgehead atoms. The summed E-state index contributed by atoms with van der Waals surface area (Å²) in [5.41, 5.74) is -0.550. The number of nitrogens with zero attached hydrogens (tertiary/aromatic N) is 2. The lowest BCUT2D eigenvalue weighted by Crippen LogP contribution is -2.20. The quantitative estimate of drug-likeness (QED) is 0.612. The molecule has 0 aliphatic heterocycles. The van der Waals surface area contributed by atoms with E-state index in [-0.39, 0.29) is 12.2 Å². The van der Waals surface area contributed by atoms with E-state index in [4.69, 9.17) is 5.11 Å². The van der Waals surface area contributed by atoms with Crippen LogP contribution in [0.5, 0.6) is 0 Å². The average molecular weight is 410 g/mol. The van der Waals surface area contributed by atoms with Crippen LogP contribution in [0.2, 0.25) is 0 Å². The standard InChI is InChI=1S/C17H13F3N4O3S/c1-8(26)21-15-10(3-5-13(24-15)17(18,19)20)16(27)22-9-2-4-12-11(6-9)23-14(7-25)28-12/h2-6,25H,7H2,1H3,(H,22,27)(H,21,24,26). The SMILES string of the molecule is CC(=O)Nc1nc(C(F)(F)F)ccc1C(=O)Nc1ccc2sc(CO)nc2c1. The van der Waals surface area contributed by atoms with E-state index in [9.17, 15) is 22.8 Å². The van der Waals surface area contributed by atoms with Gasteiger partial charge in [-0.2, -0.15) is 13.2 Å². The van der Waals surface area contributed by atoms with Crippen LogP contribution in [0.25, 0.3) is 10.2 Å². The zero-order valence-corrected chi connectivity index (χ0v) is 15.1. The molecule has 1 aromatic carbocycles. The van der Waals surface area contributed by atoms with E-state index in [1.54, 1.807) is 18.2 Å². The molecule has 3 rings (SSSR count). The smallest absolute Gasteiger partial charge is 0.389 e. The Bertz CT molecular complexity index is 1070. The van der Waals surface area contributed by atoms with Gasteiger partial charge in [-0.15, -0.1) is 11.3 Å². The third-order valence-corrected chi connectivity index (χ3v) is 4.57. The fourth-order valence-electron chi connectivity index (χ4n) is 2.38. The zero-order chi connectivity index (χ0) is 20.5. The molecule has 3 N–H and O–H groups in total. The van der Waals surface area contributed by atoms with Gasteiger partial charge in [0.1, 0.15) is 16.5 Å². The van der Waals surface area contributed by atoms with Crippen LogP contribution in [0.15, 0.2) is 30.3 Å². The first-order valence-corrected chi connectivity index (χ1v) is 8.66. The maximum Gasteiger partial charge on any atom is 0.433 e. The maximum absolute atomic E-state index is 12.9. The summed E-state index contributed by atoms with van der Waals surface area (Å²) < 4.78 is 39.4. The predicted molar refractivity (Wildman–Crippen MR) is 97.0 cm³/mol. The Morgan fingerprint density at radius 3 is 2.54 bits per heavy atom. The van der Waals surface area contributed by atoms with Crippen molar-refractivity contribution in [2.45, 2.75) is 19.7 Å². The number of hydrogen-bond acceptors (Lipinski definition) is 6. The maximum atomic E-state index is 12.9. The highest BCUT2D eigenvalue weighted by atomic mass is 32.1. The number of fused-ring (bicyclic) bond motifs is 1. The summed E-state index contributed by atoms with van der Waals surface area (Å²) in [4.78, 5) is 31.4. The minimum absolute atomic E-state index is 0.210. The molecule has 0 radical (unpaired) electrons. The summed E-state index contributed by atoms with van der Waals surface area (Å²) >= 11 is 1.30. The van der Waals surface area contributed by atoms with Crippen molar-refractivity contribution in [2.75, 3.05) is 10.6 Å². The van der Waals surface area contributed by atoms with Crippen molar-refractivity contribution in [3.63, 3.8) is 0 Å². The molecule has 2 heterocycles. The number of anilines is 2. The van der Waals surface area contributed by atoms with Crippen molar-refractivity contribution >= 4 is 44.9 Å². The van der Waals surface area contributed by atoms with Gasteiger partial charge in [0.2, 0.25) is 5.91 Å². The Balaban J connectivity index is 1.91. The lowest BCUT2D eigenvalue weighted by atomic mass is 10.2. The van der Waals surface area contributed by atoms with Crippen molar-refractivity contribution in [3.05, 3.63) is 46.6 Å². The van der Waals surface area contributed by atoms with Crippen LogP contribution >= 0.6 is 11.3 Å². The molecule has 0 saturated carbocycles. The van der Waals surface area contributed by atoms with Gasteiger partial charge in [0.05, 0.1) is 22.4 Å². The van der Waals surface area contributed by atoms with Crippen LogP contribution < -0.4 is 10.6 Å². The third kappa shape index (κ3) is 4.26. The van der Waals surface area contributed by atoms with Gasteiger partial charge in [-0.1, -0.05) is 0 Å². The number of alkyl halides is 3. The Kier molecular flexibility index (Phi) is 5.29. The first-order valence-electron chi connectivity index (χ1n) is 7.85. The van der Waals surface area contributed by atoms with Crippen LogP contribution in [-0.2, 0) is 17.6 Å². The number of benzene rings is 1. The molecule has 2 aromatic heterocycles. The number of hydrogen-bond donors (Lipinski definition) is 3. The summed E-state index contributed by atoms with van der Waals surface area (Å²) in [5.74, 6) is -1.90. The van der Waals surface area contributed by atoms with Crippen LogP contribution in [0.3, 0.4) is 0 Å². The van der Waals surface area contributed by atoms with E-state index in [1.165, 1.54) is 11.3 Å². The Morgan fingerprint density at radius 1 is 1.14 bits per heavy atom. The molecule has 0 aliphatic rings. The molecule has 3 aromatic rings. The summed E-state index contributed by atoms with van der Waals surface area (Å²) in [6.07, 6.45) is -4.72. The van der Waals surface area contributed by atoms with Crippen molar-refractivity contribution in [1.29, 1.82) is 0 Å². The van der Waals surface area contributed by atoms with E-state index >= 15 is 0 Å². The average Bonchev–Trinajstić information content (AvgIpc) is 3.02. The number of aliphatic hydroxyl groups is 1. The van der Waals surface area contributed by atoms with Crippen LogP contribution in [0, 0.1) is 0 Å². The second-order valence-corrected chi connectivity index (χ2v) is 6.79. The van der Waals surface area contributed by atoms with Crippen molar-refractivity contribution in [1.82, 2.24) is 9.97 Å². The molecular formula is C17H13F3N4O3S. The number of thiazole rings is 1. The number of carbonyl (C=O) groups is 2. The van der Waals surface area contributed by atoms with Crippen molar-refractivity contribution in [2.24, 2.45) is 0 Å². The molecular weight excluding hydrogens is 397 g/mol. The lowest BCUT2D eigenvalue weighted by Gasteiger charge is -2.13. The van der Waals surface area contributed by atoms with Crippen LogP contribution in [0.4, 0.5) is 24.7 Å². The topological polar surface area (TPSA) is 104 Å². The fourth-order valence-corrected chi connectivity index (χ4v) is 3.19. The minimum atomic E-state index is -4.72. The van der Waals surface area contributed by atoms with Crippen LogP contribution in [0.1, 0.15) is 28.0 Å². The zero-order valence-electron chi connectivity index (χ0n) is 14.3. The first-order chi connectivity index (χ1) is 13.2. The molecule has 28 heavy (non-hydrogen) atoms. The normalized spacial score (nSPS) is 11.5. The second-order valence-electron chi connectivity index (χ2n) is 5.67. The summed E-state index contributed by atoms with van der Waals surface area (Å²) in [6.45, 7) is 0.886. The van der Waals surface area contributed by atoms with E-state index in [0.717, 1.165) is 17.7 Å². The molecule has 146 valence electrons. The second kappa shape index (κ2) is 7.52. The number of rotatable bonds is 4. The first kappa shape index (κ1) is 19.7. The largest absolute Gasteiger partial charge is 0.433 e. The minimum Gasteiger partial charge on any atom is -0.389 e. The summed E-state index contributed by atoms with van der Waals surface area (Å²) in [6, 6.07) is 6.47. The molecule has 2 amide bonds. The van der Waals surface area contributed by atoms with Crippen molar-refractivity contribution in [3.8, 4) is 0 Å². The van der Waals surface area contributed by atoms with Gasteiger partial charge in [-0.3, -0.25) is 9.59 Å². The monoisotopic (exact) mass is 410 g/mol. The van der Waals surface area contributed by atoms with E-state index in [1.807, 2.05) is 0 Å². The Morgan fingerprint density at radius 2 is 1.89 bits per heavy atom. The summed E-state index contributed by atoms with van der Waals surface area (Å²) in [5, 5.41) is 14.3. The molecule has 11 heteroatoms. The van der Waals surface area contributed by atoms with Gasteiger partial charge in [0.25, 0.3) is 5.91 Å². The molecule has 0 spiro atoms. The van der Waals surface area contributed by atoms with Crippen molar-refractivity contribution < 1.29 is 27.9 Å². The van der Waals surface area contributed by atoms with Gasteiger partial charge in [0.15, 0.2) is 0 Å². The number of nitrogens with one attached hydrogen (secondary N) is 2. The highest BCUT2D eigenvalue weighted by Gasteiger charge is 2.33. The molecule has 7 nitrogen and oxygen atoms in total. The van der Waals surface area contributed by atoms with E-state index in [2.05, 4.69) is 20.6 Å². The highest BCUT2D eigenvalue weighted by Crippen LogP contribution is 2.30. The molecule has 0 fully saturated rings. The number of carbonyl (C=O) groups excluding carboxylic acids is 2. The van der Waals surface area contributed by atoms with Gasteiger partial charge in [-0.05, 0) is 30.3 Å². The predicted octanol–water partition coefficient (Wildman–Crippen LogP) is 3.41. The molecule has 0 saturated heterocycles. The van der Waals surface area contributed by atoms with Gasteiger partial charge in [-0.25, -0.2) is 9.97 Å². The number of aromatic nitrogens is 2. The Labute approximate surface area is 160 Å². The van der Waals surface area contributed by atoms with Crippen LogP contribution in [-0.4, -0.2) is 26.9 Å². The molecule has 0 atom stereocenters.